The highest BCUT2D eigenvalue weighted by Gasteiger charge is 2.60. The fraction of sp³-hybridized carbons (Fsp3) is 0.294. The van der Waals surface area contributed by atoms with Gasteiger partial charge in [0.2, 0.25) is 10.0 Å². The number of aromatic nitrogens is 1. The average Bonchev–Trinajstić information content (AvgIpc) is 3.57. The Hall–Kier alpha value is -3.85. The summed E-state index contributed by atoms with van der Waals surface area (Å²) in [7, 11) is -3.91. The van der Waals surface area contributed by atoms with Crippen LogP contribution in [0.3, 0.4) is 0 Å². The second-order valence-corrected chi connectivity index (χ2v) is 12.9. The predicted octanol–water partition coefficient (Wildman–Crippen LogP) is 6.11. The van der Waals surface area contributed by atoms with Gasteiger partial charge in [0, 0.05) is 23.4 Å². The van der Waals surface area contributed by atoms with E-state index in [-0.39, 0.29) is 28.8 Å². The molecule has 4 atom stereocenters. The van der Waals surface area contributed by atoms with Gasteiger partial charge in [-0.3, -0.25) is 9.78 Å². The van der Waals surface area contributed by atoms with E-state index >= 15 is 0 Å². The SMILES string of the molecule is O=C(O)CCC/C=C\C[C@H]1[C@H](NS(=O)(=O)c2cccc3cccnc23)[C@@H]2C[C@@]1(c1ccc(-c3ccccc3)cc1)CO2. The van der Waals surface area contributed by atoms with Crippen molar-refractivity contribution in [2.24, 2.45) is 5.92 Å². The van der Waals surface area contributed by atoms with Gasteiger partial charge >= 0.3 is 5.97 Å². The summed E-state index contributed by atoms with van der Waals surface area (Å²) in [5.41, 5.74) is 3.50. The molecule has 0 amide bonds. The monoisotopic (exact) mass is 582 g/mol. The molecule has 1 aliphatic heterocycles. The fourth-order valence-corrected chi connectivity index (χ4v) is 8.15. The molecule has 0 spiro atoms. The number of carboxylic acid groups (broad SMARTS) is 1. The smallest absolute Gasteiger partial charge is 0.303 e. The van der Waals surface area contributed by atoms with Crippen LogP contribution in [-0.2, 0) is 25.0 Å². The number of benzene rings is 3. The zero-order chi connectivity index (χ0) is 29.2. The number of sulfonamides is 1. The van der Waals surface area contributed by atoms with Gasteiger partial charge in [0.1, 0.15) is 4.90 Å². The van der Waals surface area contributed by atoms with Crippen LogP contribution in [0.15, 0.2) is 108 Å². The zero-order valence-corrected chi connectivity index (χ0v) is 24.0. The van der Waals surface area contributed by atoms with Gasteiger partial charge in [-0.25, -0.2) is 13.1 Å². The number of nitrogens with one attached hydrogen (secondary N) is 1. The van der Waals surface area contributed by atoms with Crippen molar-refractivity contribution >= 4 is 26.9 Å². The summed E-state index contributed by atoms with van der Waals surface area (Å²) < 4.78 is 37.0. The van der Waals surface area contributed by atoms with Crippen LogP contribution in [0.25, 0.3) is 22.0 Å². The van der Waals surface area contributed by atoms with Gasteiger partial charge in [-0.15, -0.1) is 0 Å². The molecule has 4 aromatic rings. The maximum atomic E-state index is 13.9. The van der Waals surface area contributed by atoms with E-state index in [0.29, 0.717) is 31.4 Å². The number of nitrogens with zero attached hydrogens (tertiary/aromatic N) is 1. The molecule has 3 aromatic carbocycles. The molecule has 42 heavy (non-hydrogen) atoms. The molecule has 0 radical (unpaired) electrons. The highest BCUT2D eigenvalue weighted by Crippen LogP contribution is 2.54. The van der Waals surface area contributed by atoms with Crippen LogP contribution in [0.4, 0.5) is 0 Å². The van der Waals surface area contributed by atoms with E-state index in [4.69, 9.17) is 9.84 Å². The van der Waals surface area contributed by atoms with Gasteiger partial charge < -0.3 is 9.84 Å². The van der Waals surface area contributed by atoms with Crippen molar-refractivity contribution in [1.29, 1.82) is 0 Å². The van der Waals surface area contributed by atoms with E-state index in [1.54, 1.807) is 24.4 Å². The minimum atomic E-state index is -3.91. The highest BCUT2D eigenvalue weighted by molar-refractivity contribution is 7.89. The first-order chi connectivity index (χ1) is 20.4. The highest BCUT2D eigenvalue weighted by atomic mass is 32.2. The number of unbranched alkanes of at least 4 members (excludes halogenated alkanes) is 1. The second-order valence-electron chi connectivity index (χ2n) is 11.2. The Kier molecular flexibility index (Phi) is 7.94. The second kappa shape index (κ2) is 11.8. The molecule has 7 nitrogen and oxygen atoms in total. The van der Waals surface area contributed by atoms with Gasteiger partial charge in [-0.1, -0.05) is 84.9 Å². The van der Waals surface area contributed by atoms with Crippen LogP contribution in [0.2, 0.25) is 0 Å². The predicted molar refractivity (Wildman–Crippen MR) is 162 cm³/mol. The molecule has 1 aliphatic carbocycles. The molecule has 8 heteroatoms. The Bertz CT molecular complexity index is 1700. The summed E-state index contributed by atoms with van der Waals surface area (Å²) in [6.45, 7) is 0.522. The fourth-order valence-electron chi connectivity index (χ4n) is 6.66. The lowest BCUT2D eigenvalue weighted by atomic mass is 9.70. The molecule has 2 heterocycles. The van der Waals surface area contributed by atoms with Crippen molar-refractivity contribution in [1.82, 2.24) is 9.71 Å². The Morgan fingerprint density at radius 1 is 0.976 bits per heavy atom. The van der Waals surface area contributed by atoms with Crippen LogP contribution < -0.4 is 4.72 Å². The van der Waals surface area contributed by atoms with Crippen molar-refractivity contribution in [2.75, 3.05) is 6.61 Å². The first-order valence-corrected chi connectivity index (χ1v) is 15.9. The number of hydrogen-bond donors (Lipinski definition) is 2. The molecular formula is C34H34N2O5S. The number of carboxylic acids is 1. The lowest BCUT2D eigenvalue weighted by Gasteiger charge is -2.39. The molecule has 2 aliphatic rings. The summed E-state index contributed by atoms with van der Waals surface area (Å²) in [6.07, 6.45) is 8.16. The zero-order valence-electron chi connectivity index (χ0n) is 23.2. The maximum Gasteiger partial charge on any atom is 0.303 e. The summed E-state index contributed by atoms with van der Waals surface area (Å²) in [5.74, 6) is -0.851. The lowest BCUT2D eigenvalue weighted by Crippen LogP contribution is -2.51. The molecule has 1 saturated heterocycles. The molecule has 2 fully saturated rings. The normalized spacial score (nSPS) is 23.6. The first-order valence-electron chi connectivity index (χ1n) is 14.4. The van der Waals surface area contributed by atoms with Crippen LogP contribution in [-0.4, -0.2) is 43.2 Å². The van der Waals surface area contributed by atoms with Crippen LogP contribution >= 0.6 is 0 Å². The molecular weight excluding hydrogens is 548 g/mol. The minimum Gasteiger partial charge on any atom is -0.481 e. The standard InChI is InChI=1S/C34H34N2O5S/c37-31(38)16-7-2-1-6-14-28-33(36-42(39,40)30-15-8-12-26-13-9-21-35-32(26)30)29-22-34(28,23-41-29)27-19-17-25(18-20-27)24-10-4-3-5-11-24/h1,3-6,8-13,15,17-21,28-29,33,36H,2,7,14,16,22-23H2,(H,37,38)/b6-1-/t28-,29-,33-,34-/m0/s1. The third-order valence-electron chi connectivity index (χ3n) is 8.73. The van der Waals surface area contributed by atoms with E-state index in [0.717, 1.165) is 28.5 Å². The Morgan fingerprint density at radius 2 is 1.74 bits per heavy atom. The molecule has 216 valence electrons. The van der Waals surface area contributed by atoms with E-state index in [2.05, 4.69) is 52.2 Å². The topological polar surface area (TPSA) is 106 Å². The Morgan fingerprint density at radius 3 is 2.52 bits per heavy atom. The number of carbonyl (C=O) groups is 1. The summed E-state index contributed by atoms with van der Waals surface area (Å²) in [5, 5.41) is 9.73. The lowest BCUT2D eigenvalue weighted by molar-refractivity contribution is -0.137. The summed E-state index contributed by atoms with van der Waals surface area (Å²) in [6, 6.07) is 27.2. The third-order valence-corrected chi connectivity index (χ3v) is 10.2. The van der Waals surface area contributed by atoms with Crippen molar-refractivity contribution in [2.45, 2.75) is 54.6 Å². The summed E-state index contributed by atoms with van der Waals surface area (Å²) >= 11 is 0. The number of allylic oxidation sites excluding steroid dienone is 2. The molecule has 2 N–H and O–H groups in total. The Balaban J connectivity index is 1.31. The van der Waals surface area contributed by atoms with Crippen molar-refractivity contribution in [3.63, 3.8) is 0 Å². The van der Waals surface area contributed by atoms with E-state index in [1.807, 2.05) is 36.4 Å². The summed E-state index contributed by atoms with van der Waals surface area (Å²) in [4.78, 5) is 15.4. The van der Waals surface area contributed by atoms with E-state index in [1.165, 1.54) is 0 Å². The largest absolute Gasteiger partial charge is 0.481 e. The van der Waals surface area contributed by atoms with Gasteiger partial charge in [0.05, 0.1) is 24.3 Å². The van der Waals surface area contributed by atoms with E-state index < -0.39 is 22.0 Å². The molecule has 2 bridgehead atoms. The number of para-hydroxylation sites is 1. The average molecular weight is 583 g/mol. The third kappa shape index (κ3) is 5.50. The van der Waals surface area contributed by atoms with Gasteiger partial charge in [-0.05, 0) is 60.4 Å². The minimum absolute atomic E-state index is 0.0488. The number of pyridine rings is 1. The quantitative estimate of drug-likeness (QED) is 0.163. The van der Waals surface area contributed by atoms with E-state index in [9.17, 15) is 13.2 Å². The Labute approximate surface area is 246 Å². The molecule has 1 saturated carbocycles. The van der Waals surface area contributed by atoms with Crippen LogP contribution in [0.1, 0.15) is 37.7 Å². The van der Waals surface area contributed by atoms with Gasteiger partial charge in [0.15, 0.2) is 0 Å². The van der Waals surface area contributed by atoms with Gasteiger partial charge in [0.25, 0.3) is 0 Å². The van der Waals surface area contributed by atoms with Crippen molar-refractivity contribution in [3.05, 3.63) is 109 Å². The van der Waals surface area contributed by atoms with Crippen LogP contribution in [0.5, 0.6) is 0 Å². The number of ether oxygens (including phenoxy) is 1. The number of fused-ring (bicyclic) bond motifs is 3. The molecule has 6 rings (SSSR count). The number of rotatable bonds is 11. The van der Waals surface area contributed by atoms with Crippen LogP contribution in [0, 0.1) is 5.92 Å². The number of hydrogen-bond acceptors (Lipinski definition) is 5. The molecule has 0 unspecified atom stereocenters. The van der Waals surface area contributed by atoms with Gasteiger partial charge in [-0.2, -0.15) is 0 Å². The number of aliphatic carboxylic acids is 1. The van der Waals surface area contributed by atoms with Crippen molar-refractivity contribution < 1.29 is 23.1 Å². The molecule has 1 aromatic heterocycles. The first kappa shape index (κ1) is 28.3. The van der Waals surface area contributed by atoms with Crippen molar-refractivity contribution in [3.8, 4) is 11.1 Å². The maximum absolute atomic E-state index is 13.9.